The van der Waals surface area contributed by atoms with E-state index in [2.05, 4.69) is 28.3 Å². The van der Waals surface area contributed by atoms with Crippen LogP contribution in [0.3, 0.4) is 0 Å². The van der Waals surface area contributed by atoms with E-state index in [1.165, 1.54) is 5.57 Å². The van der Waals surface area contributed by atoms with Gasteiger partial charge in [-0.2, -0.15) is 0 Å². The maximum atomic E-state index is 13.4. The molecule has 0 heterocycles. The number of rotatable bonds is 10. The first kappa shape index (κ1) is 25.6. The number of hydrogen-bond acceptors (Lipinski definition) is 3. The summed E-state index contributed by atoms with van der Waals surface area (Å²) in [5.41, 5.74) is 3.82. The topological polar surface area (TPSA) is 75.3 Å². The van der Waals surface area contributed by atoms with Gasteiger partial charge in [-0.25, -0.2) is 13.1 Å². The third-order valence-corrected chi connectivity index (χ3v) is 7.80. The lowest BCUT2D eigenvalue weighted by Crippen LogP contribution is -2.40. The first-order valence-corrected chi connectivity index (χ1v) is 13.7. The number of allylic oxidation sites excluding steroid dienone is 4. The molecule has 0 saturated heterocycles. The van der Waals surface area contributed by atoms with E-state index in [0.717, 1.165) is 29.5 Å². The molecule has 1 aliphatic carbocycles. The maximum absolute atomic E-state index is 13.4. The largest absolute Gasteiger partial charge is 0.347 e. The van der Waals surface area contributed by atoms with Crippen LogP contribution in [0.25, 0.3) is 0 Å². The summed E-state index contributed by atoms with van der Waals surface area (Å²) in [4.78, 5) is 13.3. The molecule has 4 rings (SSSR count). The highest BCUT2D eigenvalue weighted by Gasteiger charge is 2.31. The van der Waals surface area contributed by atoms with Crippen LogP contribution in [0.4, 0.5) is 0 Å². The molecule has 2 N–H and O–H groups in total. The zero-order valence-corrected chi connectivity index (χ0v) is 21.2. The van der Waals surface area contributed by atoms with Crippen molar-refractivity contribution < 1.29 is 13.2 Å². The molecule has 0 fully saturated rings. The standard InChI is InChI=1S/C30H32N2O3S/c1-23-17-20-27(21-18-23)36(34,35)32-30(26-15-9-4-10-16-26)29(25-13-7-3-8-14-25)31-28(33)22-19-24-11-5-2-6-12-24/h2-5,7-10,12-18,20-21,29-30,32H,6,11,19,22H2,1H3,(H,31,33)/t29?,30-/m1/s1. The first-order valence-electron chi connectivity index (χ1n) is 12.2. The summed E-state index contributed by atoms with van der Waals surface area (Å²) >= 11 is 0. The van der Waals surface area contributed by atoms with Crippen LogP contribution in [0.15, 0.2) is 114 Å². The van der Waals surface area contributed by atoms with Crippen LogP contribution in [0.5, 0.6) is 0 Å². The molecule has 0 aromatic heterocycles. The van der Waals surface area contributed by atoms with Crippen LogP contribution < -0.4 is 10.0 Å². The number of nitrogens with one attached hydrogen (secondary N) is 2. The van der Waals surface area contributed by atoms with Crippen LogP contribution >= 0.6 is 0 Å². The molecule has 1 unspecified atom stereocenters. The van der Waals surface area contributed by atoms with Crippen LogP contribution in [0.2, 0.25) is 0 Å². The van der Waals surface area contributed by atoms with Gasteiger partial charge in [-0.1, -0.05) is 102 Å². The highest BCUT2D eigenvalue weighted by molar-refractivity contribution is 7.89. The molecule has 1 aliphatic rings. The number of hydrogen-bond donors (Lipinski definition) is 2. The average Bonchev–Trinajstić information content (AvgIpc) is 2.91. The summed E-state index contributed by atoms with van der Waals surface area (Å²) in [7, 11) is -3.86. The van der Waals surface area contributed by atoms with Crippen molar-refractivity contribution in [3.63, 3.8) is 0 Å². The first-order chi connectivity index (χ1) is 17.4. The van der Waals surface area contributed by atoms with E-state index in [4.69, 9.17) is 0 Å². The number of amides is 1. The van der Waals surface area contributed by atoms with Gasteiger partial charge in [0, 0.05) is 6.42 Å². The number of sulfonamides is 1. The predicted molar refractivity (Wildman–Crippen MR) is 144 cm³/mol. The fourth-order valence-electron chi connectivity index (χ4n) is 4.33. The Hall–Kier alpha value is -3.48. The van der Waals surface area contributed by atoms with Crippen molar-refractivity contribution in [1.29, 1.82) is 0 Å². The molecule has 3 aromatic rings. The van der Waals surface area contributed by atoms with E-state index in [1.54, 1.807) is 24.3 Å². The molecule has 0 bridgehead atoms. The fourth-order valence-corrected chi connectivity index (χ4v) is 5.57. The van der Waals surface area contributed by atoms with Crippen LogP contribution in [-0.2, 0) is 14.8 Å². The minimum Gasteiger partial charge on any atom is -0.347 e. The van der Waals surface area contributed by atoms with Gasteiger partial charge < -0.3 is 5.32 Å². The van der Waals surface area contributed by atoms with Crippen molar-refractivity contribution in [1.82, 2.24) is 10.0 Å². The van der Waals surface area contributed by atoms with Crippen molar-refractivity contribution in [3.05, 3.63) is 125 Å². The lowest BCUT2D eigenvalue weighted by molar-refractivity contribution is -0.122. The number of benzene rings is 3. The molecule has 0 saturated carbocycles. The monoisotopic (exact) mass is 500 g/mol. The molecule has 2 atom stereocenters. The second-order valence-corrected chi connectivity index (χ2v) is 10.8. The smallest absolute Gasteiger partial charge is 0.241 e. The van der Waals surface area contributed by atoms with Gasteiger partial charge in [0.15, 0.2) is 0 Å². The van der Waals surface area contributed by atoms with Gasteiger partial charge in [0.1, 0.15) is 0 Å². The Morgan fingerprint density at radius 1 is 0.833 bits per heavy atom. The number of aryl methyl sites for hydroxylation is 1. The molecule has 36 heavy (non-hydrogen) atoms. The van der Waals surface area contributed by atoms with Gasteiger partial charge in [-0.15, -0.1) is 0 Å². The fraction of sp³-hybridized carbons (Fsp3) is 0.233. The van der Waals surface area contributed by atoms with Gasteiger partial charge in [0.05, 0.1) is 17.0 Å². The second kappa shape index (κ2) is 12.0. The molecule has 1 amide bonds. The van der Waals surface area contributed by atoms with Gasteiger partial charge in [-0.3, -0.25) is 4.79 Å². The predicted octanol–water partition coefficient (Wildman–Crippen LogP) is 5.93. The maximum Gasteiger partial charge on any atom is 0.241 e. The van der Waals surface area contributed by atoms with Crippen molar-refractivity contribution in [2.75, 3.05) is 0 Å². The molecular formula is C30H32N2O3S. The molecule has 3 aromatic carbocycles. The van der Waals surface area contributed by atoms with Crippen LogP contribution in [0, 0.1) is 6.92 Å². The van der Waals surface area contributed by atoms with E-state index in [-0.39, 0.29) is 10.8 Å². The van der Waals surface area contributed by atoms with Crippen LogP contribution in [0.1, 0.15) is 54.5 Å². The van der Waals surface area contributed by atoms with Gasteiger partial charge in [0.2, 0.25) is 15.9 Å². The van der Waals surface area contributed by atoms with Gasteiger partial charge >= 0.3 is 0 Å². The van der Waals surface area contributed by atoms with Crippen molar-refractivity contribution in [3.8, 4) is 0 Å². The number of carbonyl (C=O) groups excluding carboxylic acids is 1. The molecular weight excluding hydrogens is 468 g/mol. The summed E-state index contributed by atoms with van der Waals surface area (Å²) in [6.07, 6.45) is 9.23. The quantitative estimate of drug-likeness (QED) is 0.339. The van der Waals surface area contributed by atoms with Crippen molar-refractivity contribution in [2.24, 2.45) is 0 Å². The highest BCUT2D eigenvalue weighted by atomic mass is 32.2. The Morgan fingerprint density at radius 3 is 2.03 bits per heavy atom. The van der Waals surface area contributed by atoms with E-state index >= 15 is 0 Å². The number of carbonyl (C=O) groups is 1. The Balaban J connectivity index is 1.64. The van der Waals surface area contributed by atoms with Crippen molar-refractivity contribution in [2.45, 2.75) is 49.6 Å². The normalized spacial score (nSPS) is 15.1. The summed E-state index contributed by atoms with van der Waals surface area (Å²) < 4.78 is 29.8. The van der Waals surface area contributed by atoms with Crippen molar-refractivity contribution >= 4 is 15.9 Å². The SMILES string of the molecule is Cc1ccc(S(=O)(=O)N[C@H](c2ccccc2)C(NC(=O)CCC2=CCC=CC2)c2ccccc2)cc1. The summed E-state index contributed by atoms with van der Waals surface area (Å²) in [6, 6.07) is 24.3. The van der Waals surface area contributed by atoms with E-state index in [9.17, 15) is 13.2 Å². The summed E-state index contributed by atoms with van der Waals surface area (Å²) in [5.74, 6) is -0.116. The zero-order chi connectivity index (χ0) is 25.4. The van der Waals surface area contributed by atoms with E-state index < -0.39 is 22.1 Å². The molecule has 5 nitrogen and oxygen atoms in total. The Morgan fingerprint density at radius 2 is 1.44 bits per heavy atom. The molecule has 6 heteroatoms. The lowest BCUT2D eigenvalue weighted by Gasteiger charge is -2.30. The molecule has 0 radical (unpaired) electrons. The molecule has 0 aliphatic heterocycles. The van der Waals surface area contributed by atoms with Gasteiger partial charge in [-0.05, 0) is 49.4 Å². The Kier molecular flexibility index (Phi) is 8.52. The van der Waals surface area contributed by atoms with E-state index in [1.807, 2.05) is 67.6 Å². The Bertz CT molecular complexity index is 1320. The van der Waals surface area contributed by atoms with Crippen LogP contribution in [-0.4, -0.2) is 14.3 Å². The third kappa shape index (κ3) is 6.80. The van der Waals surface area contributed by atoms with E-state index in [0.29, 0.717) is 12.8 Å². The minimum absolute atomic E-state index is 0.116. The molecule has 0 spiro atoms. The third-order valence-electron chi connectivity index (χ3n) is 6.34. The summed E-state index contributed by atoms with van der Waals surface area (Å²) in [5, 5.41) is 3.14. The summed E-state index contributed by atoms with van der Waals surface area (Å²) in [6.45, 7) is 1.91. The lowest BCUT2D eigenvalue weighted by atomic mass is 9.93. The highest BCUT2D eigenvalue weighted by Crippen LogP contribution is 2.31. The zero-order valence-electron chi connectivity index (χ0n) is 20.4. The minimum atomic E-state index is -3.86. The Labute approximate surface area is 214 Å². The second-order valence-electron chi connectivity index (χ2n) is 9.05. The van der Waals surface area contributed by atoms with Gasteiger partial charge in [0.25, 0.3) is 0 Å². The average molecular weight is 501 g/mol. The molecule has 186 valence electrons.